The number of rotatable bonds is 4. The monoisotopic (exact) mass is 226 g/mol. The third-order valence-corrected chi connectivity index (χ3v) is 2.87. The van der Waals surface area contributed by atoms with Gasteiger partial charge in [0, 0.05) is 5.02 Å². The summed E-state index contributed by atoms with van der Waals surface area (Å²) < 4.78 is 0. The van der Waals surface area contributed by atoms with Crippen molar-refractivity contribution < 1.29 is 9.90 Å². The number of halogens is 1. The molecule has 0 aliphatic rings. The molecule has 1 aromatic rings. The second-order valence-corrected chi connectivity index (χ2v) is 4.15. The number of aliphatic carboxylic acids is 1. The third kappa shape index (κ3) is 3.24. The van der Waals surface area contributed by atoms with Crippen LogP contribution >= 0.6 is 11.6 Å². The number of benzene rings is 1. The molecule has 82 valence electrons. The number of aryl methyl sites for hydroxylation is 1. The van der Waals surface area contributed by atoms with Crippen molar-refractivity contribution in [3.63, 3.8) is 0 Å². The van der Waals surface area contributed by atoms with Gasteiger partial charge < -0.3 is 5.11 Å². The van der Waals surface area contributed by atoms with Crippen molar-refractivity contribution in [1.82, 2.24) is 0 Å². The van der Waals surface area contributed by atoms with Crippen LogP contribution in [0, 0.1) is 12.8 Å². The molecule has 0 saturated heterocycles. The van der Waals surface area contributed by atoms with Crippen LogP contribution < -0.4 is 0 Å². The minimum Gasteiger partial charge on any atom is -0.481 e. The van der Waals surface area contributed by atoms with Crippen molar-refractivity contribution >= 4 is 17.6 Å². The fourth-order valence-electron chi connectivity index (χ4n) is 1.49. The standard InChI is InChI=1S/C12H15ClO2/c1-3-9(12(14)15)7-10-5-4-8(2)6-11(10)13/h4-6,9H,3,7H2,1-2H3,(H,14,15). The van der Waals surface area contributed by atoms with Crippen LogP contribution in [-0.2, 0) is 11.2 Å². The Labute approximate surface area is 94.9 Å². The van der Waals surface area contributed by atoms with Crippen LogP contribution in [0.2, 0.25) is 5.02 Å². The van der Waals surface area contributed by atoms with Crippen molar-refractivity contribution in [2.75, 3.05) is 0 Å². The van der Waals surface area contributed by atoms with Gasteiger partial charge >= 0.3 is 5.97 Å². The highest BCUT2D eigenvalue weighted by Crippen LogP contribution is 2.22. The number of carboxylic acid groups (broad SMARTS) is 1. The lowest BCUT2D eigenvalue weighted by molar-refractivity contribution is -0.141. The molecule has 1 atom stereocenters. The first kappa shape index (κ1) is 12.1. The van der Waals surface area contributed by atoms with E-state index < -0.39 is 5.97 Å². The van der Waals surface area contributed by atoms with E-state index in [0.29, 0.717) is 17.9 Å². The van der Waals surface area contributed by atoms with Gasteiger partial charge in [0.05, 0.1) is 5.92 Å². The fourth-order valence-corrected chi connectivity index (χ4v) is 1.80. The molecule has 0 aliphatic heterocycles. The Bertz CT molecular complexity index is 361. The maximum absolute atomic E-state index is 10.9. The molecule has 0 fully saturated rings. The van der Waals surface area contributed by atoms with Crippen molar-refractivity contribution in [2.24, 2.45) is 5.92 Å². The first-order valence-corrected chi connectivity index (χ1v) is 5.40. The molecule has 0 aliphatic carbocycles. The molecule has 0 amide bonds. The van der Waals surface area contributed by atoms with Gasteiger partial charge in [-0.3, -0.25) is 4.79 Å². The zero-order chi connectivity index (χ0) is 11.4. The van der Waals surface area contributed by atoms with E-state index in [9.17, 15) is 4.79 Å². The van der Waals surface area contributed by atoms with Crippen LogP contribution in [0.4, 0.5) is 0 Å². The minimum absolute atomic E-state index is 0.342. The highest BCUT2D eigenvalue weighted by atomic mass is 35.5. The highest BCUT2D eigenvalue weighted by Gasteiger charge is 2.16. The summed E-state index contributed by atoms with van der Waals surface area (Å²) in [4.78, 5) is 10.9. The van der Waals surface area contributed by atoms with Crippen molar-refractivity contribution in [3.8, 4) is 0 Å². The Balaban J connectivity index is 2.84. The van der Waals surface area contributed by atoms with E-state index in [1.54, 1.807) is 0 Å². The molecule has 0 heterocycles. The fraction of sp³-hybridized carbons (Fsp3) is 0.417. The van der Waals surface area contributed by atoms with Crippen LogP contribution in [0.1, 0.15) is 24.5 Å². The van der Waals surface area contributed by atoms with Crippen molar-refractivity contribution in [1.29, 1.82) is 0 Å². The second kappa shape index (κ2) is 5.17. The quantitative estimate of drug-likeness (QED) is 0.856. The molecular weight excluding hydrogens is 212 g/mol. The van der Waals surface area contributed by atoms with Crippen LogP contribution in [0.15, 0.2) is 18.2 Å². The molecule has 1 N–H and O–H groups in total. The molecule has 0 spiro atoms. The average molecular weight is 227 g/mol. The summed E-state index contributed by atoms with van der Waals surface area (Å²) in [5, 5.41) is 9.60. The largest absolute Gasteiger partial charge is 0.481 e. The van der Waals surface area contributed by atoms with E-state index in [4.69, 9.17) is 16.7 Å². The first-order chi connectivity index (χ1) is 7.04. The van der Waals surface area contributed by atoms with Gasteiger partial charge in [-0.1, -0.05) is 30.7 Å². The van der Waals surface area contributed by atoms with E-state index in [-0.39, 0.29) is 5.92 Å². The summed E-state index contributed by atoms with van der Waals surface area (Å²) in [7, 11) is 0. The molecule has 0 radical (unpaired) electrons. The van der Waals surface area contributed by atoms with Crippen LogP contribution in [0.5, 0.6) is 0 Å². The molecule has 3 heteroatoms. The number of hydrogen-bond donors (Lipinski definition) is 1. The number of carboxylic acids is 1. The van der Waals surface area contributed by atoms with E-state index in [0.717, 1.165) is 11.1 Å². The molecule has 0 aromatic heterocycles. The highest BCUT2D eigenvalue weighted by molar-refractivity contribution is 6.31. The van der Waals surface area contributed by atoms with Gasteiger partial charge in [-0.05, 0) is 37.0 Å². The van der Waals surface area contributed by atoms with E-state index in [1.165, 1.54) is 0 Å². The summed E-state index contributed by atoms with van der Waals surface area (Å²) in [5.74, 6) is -1.10. The van der Waals surface area contributed by atoms with Crippen LogP contribution in [-0.4, -0.2) is 11.1 Å². The van der Waals surface area contributed by atoms with Gasteiger partial charge in [0.25, 0.3) is 0 Å². The molecule has 0 bridgehead atoms. The van der Waals surface area contributed by atoms with Gasteiger partial charge in [-0.15, -0.1) is 0 Å². The minimum atomic E-state index is -0.755. The summed E-state index contributed by atoms with van der Waals surface area (Å²) in [6, 6.07) is 5.73. The predicted octanol–water partition coefficient (Wildman–Crippen LogP) is 3.30. The van der Waals surface area contributed by atoms with Crippen molar-refractivity contribution in [3.05, 3.63) is 34.3 Å². The summed E-state index contributed by atoms with van der Waals surface area (Å²) in [6.07, 6.45) is 1.13. The smallest absolute Gasteiger partial charge is 0.306 e. The topological polar surface area (TPSA) is 37.3 Å². The molecule has 2 nitrogen and oxygen atoms in total. The Hall–Kier alpha value is -1.02. The summed E-state index contributed by atoms with van der Waals surface area (Å²) in [5.41, 5.74) is 2.00. The SMILES string of the molecule is CCC(Cc1ccc(C)cc1Cl)C(=O)O. The van der Waals surface area contributed by atoms with Gasteiger partial charge in [-0.2, -0.15) is 0 Å². The molecule has 1 aromatic carbocycles. The maximum atomic E-state index is 10.9. The average Bonchev–Trinajstić information content (AvgIpc) is 2.16. The van der Waals surface area contributed by atoms with E-state index in [1.807, 2.05) is 32.0 Å². The van der Waals surface area contributed by atoms with Gasteiger partial charge in [0.15, 0.2) is 0 Å². The van der Waals surface area contributed by atoms with Crippen molar-refractivity contribution in [2.45, 2.75) is 26.7 Å². The van der Waals surface area contributed by atoms with E-state index in [2.05, 4.69) is 0 Å². The van der Waals surface area contributed by atoms with Crippen LogP contribution in [0.3, 0.4) is 0 Å². The summed E-state index contributed by atoms with van der Waals surface area (Å²) >= 11 is 6.04. The Morgan fingerprint density at radius 3 is 2.67 bits per heavy atom. The Morgan fingerprint density at radius 1 is 1.53 bits per heavy atom. The Kier molecular flexibility index (Phi) is 4.15. The molecule has 1 rings (SSSR count). The van der Waals surface area contributed by atoms with Crippen LogP contribution in [0.25, 0.3) is 0 Å². The van der Waals surface area contributed by atoms with Gasteiger partial charge in [-0.25, -0.2) is 0 Å². The number of carbonyl (C=O) groups is 1. The first-order valence-electron chi connectivity index (χ1n) is 5.02. The lowest BCUT2D eigenvalue weighted by atomic mass is 9.96. The van der Waals surface area contributed by atoms with E-state index >= 15 is 0 Å². The molecular formula is C12H15ClO2. The predicted molar refractivity (Wildman–Crippen MR) is 61.3 cm³/mol. The number of hydrogen-bond acceptors (Lipinski definition) is 1. The second-order valence-electron chi connectivity index (χ2n) is 3.74. The Morgan fingerprint density at radius 2 is 2.20 bits per heavy atom. The molecule has 1 unspecified atom stereocenters. The van der Waals surface area contributed by atoms with Gasteiger partial charge in [0.2, 0.25) is 0 Å². The molecule has 15 heavy (non-hydrogen) atoms. The summed E-state index contributed by atoms with van der Waals surface area (Å²) in [6.45, 7) is 3.84. The molecule has 0 saturated carbocycles. The lowest BCUT2D eigenvalue weighted by Gasteiger charge is -2.11. The normalized spacial score (nSPS) is 12.5. The zero-order valence-electron chi connectivity index (χ0n) is 8.96. The lowest BCUT2D eigenvalue weighted by Crippen LogP contribution is -2.15. The third-order valence-electron chi connectivity index (χ3n) is 2.52. The van der Waals surface area contributed by atoms with Gasteiger partial charge in [0.1, 0.15) is 0 Å². The zero-order valence-corrected chi connectivity index (χ0v) is 9.71. The maximum Gasteiger partial charge on any atom is 0.306 e.